The van der Waals surface area contributed by atoms with Crippen LogP contribution in [0.2, 0.25) is 5.02 Å². The third-order valence-corrected chi connectivity index (χ3v) is 3.84. The lowest BCUT2D eigenvalue weighted by molar-refractivity contribution is 0.0438. The van der Waals surface area contributed by atoms with E-state index in [1.807, 2.05) is 12.3 Å². The van der Waals surface area contributed by atoms with Gasteiger partial charge >= 0.3 is 11.9 Å². The van der Waals surface area contributed by atoms with Crippen molar-refractivity contribution < 1.29 is 23.5 Å². The van der Waals surface area contributed by atoms with E-state index in [0.717, 1.165) is 4.90 Å². The molecule has 0 N–H and O–H groups in total. The summed E-state index contributed by atoms with van der Waals surface area (Å²) in [4.78, 5) is 24.2. The Bertz CT molecular complexity index is 695. The van der Waals surface area contributed by atoms with Crippen LogP contribution in [0.25, 0.3) is 0 Å². The summed E-state index contributed by atoms with van der Waals surface area (Å²) in [6.45, 7) is -0.102. The van der Waals surface area contributed by atoms with Crippen LogP contribution in [-0.4, -0.2) is 25.3 Å². The van der Waals surface area contributed by atoms with Crippen molar-refractivity contribution in [2.24, 2.45) is 0 Å². The van der Waals surface area contributed by atoms with Gasteiger partial charge in [-0.1, -0.05) is 11.6 Å². The largest absolute Gasteiger partial charge is 0.463 e. The molecule has 0 aliphatic heterocycles. The normalized spacial score (nSPS) is 10.3. The van der Waals surface area contributed by atoms with E-state index >= 15 is 0 Å². The van der Waals surface area contributed by atoms with Crippen LogP contribution in [-0.2, 0) is 16.1 Å². The van der Waals surface area contributed by atoms with Gasteiger partial charge in [-0.05, 0) is 36.6 Å². The fourth-order valence-corrected chi connectivity index (χ4v) is 2.30. The molecule has 116 valence electrons. The van der Waals surface area contributed by atoms with Gasteiger partial charge < -0.3 is 13.9 Å². The van der Waals surface area contributed by atoms with Gasteiger partial charge in [-0.25, -0.2) is 9.59 Å². The van der Waals surface area contributed by atoms with E-state index in [2.05, 4.69) is 4.74 Å². The number of thioether (sulfide) groups is 1. The van der Waals surface area contributed by atoms with Crippen LogP contribution >= 0.6 is 23.4 Å². The number of furan rings is 1. The van der Waals surface area contributed by atoms with Crippen molar-refractivity contribution in [2.75, 3.05) is 13.4 Å². The van der Waals surface area contributed by atoms with Crippen molar-refractivity contribution in [3.63, 3.8) is 0 Å². The lowest BCUT2D eigenvalue weighted by Crippen LogP contribution is -2.06. The summed E-state index contributed by atoms with van der Waals surface area (Å²) >= 11 is 7.50. The van der Waals surface area contributed by atoms with Gasteiger partial charge in [0.15, 0.2) is 0 Å². The summed E-state index contributed by atoms with van der Waals surface area (Å²) in [7, 11) is 1.26. The van der Waals surface area contributed by atoms with Gasteiger partial charge in [0, 0.05) is 4.90 Å². The molecule has 0 unspecified atom stereocenters. The first-order valence-electron chi connectivity index (χ1n) is 6.23. The number of hydrogen-bond donors (Lipinski definition) is 0. The minimum Gasteiger partial charge on any atom is -0.463 e. The van der Waals surface area contributed by atoms with Gasteiger partial charge in [-0.3, -0.25) is 0 Å². The SMILES string of the molecule is COC(=O)c1ccc(COC(=O)c2cc(SC)ccc2Cl)o1. The molecule has 0 saturated carbocycles. The number of ether oxygens (including phenoxy) is 2. The molecule has 1 aromatic carbocycles. The van der Waals surface area contributed by atoms with Gasteiger partial charge in [0.05, 0.1) is 17.7 Å². The number of halogens is 1. The van der Waals surface area contributed by atoms with Gasteiger partial charge in [0.1, 0.15) is 12.4 Å². The summed E-state index contributed by atoms with van der Waals surface area (Å²) < 4.78 is 14.9. The quantitative estimate of drug-likeness (QED) is 0.609. The summed E-state index contributed by atoms with van der Waals surface area (Å²) in [5.41, 5.74) is 0.285. The molecule has 0 saturated heterocycles. The highest BCUT2D eigenvalue weighted by atomic mass is 35.5. The molecule has 5 nitrogen and oxygen atoms in total. The fraction of sp³-hybridized carbons (Fsp3) is 0.200. The number of esters is 2. The van der Waals surface area contributed by atoms with Crippen LogP contribution in [0.4, 0.5) is 0 Å². The second kappa shape index (κ2) is 7.38. The van der Waals surface area contributed by atoms with Crippen LogP contribution < -0.4 is 0 Å². The molecule has 0 radical (unpaired) electrons. The molecule has 0 spiro atoms. The number of methoxy groups -OCH3 is 1. The van der Waals surface area contributed by atoms with Crippen LogP contribution in [0.15, 0.2) is 39.6 Å². The highest BCUT2D eigenvalue weighted by Crippen LogP contribution is 2.24. The van der Waals surface area contributed by atoms with E-state index in [-0.39, 0.29) is 17.9 Å². The molecule has 0 aliphatic rings. The molecule has 0 bridgehead atoms. The molecule has 0 aliphatic carbocycles. The molecule has 7 heteroatoms. The molecule has 0 atom stereocenters. The second-order valence-electron chi connectivity index (χ2n) is 4.18. The van der Waals surface area contributed by atoms with E-state index in [0.29, 0.717) is 10.8 Å². The average molecular weight is 341 g/mol. The Morgan fingerprint density at radius 1 is 1.23 bits per heavy atom. The predicted molar refractivity (Wildman–Crippen MR) is 82.4 cm³/mol. The first-order valence-corrected chi connectivity index (χ1v) is 7.83. The van der Waals surface area contributed by atoms with E-state index < -0.39 is 11.9 Å². The van der Waals surface area contributed by atoms with Crippen molar-refractivity contribution >= 4 is 35.3 Å². The third kappa shape index (κ3) is 3.84. The van der Waals surface area contributed by atoms with Crippen molar-refractivity contribution in [1.82, 2.24) is 0 Å². The van der Waals surface area contributed by atoms with E-state index in [1.54, 1.807) is 18.2 Å². The topological polar surface area (TPSA) is 65.7 Å². The van der Waals surface area contributed by atoms with Crippen LogP contribution in [0.3, 0.4) is 0 Å². The Morgan fingerprint density at radius 2 is 2.00 bits per heavy atom. The summed E-state index contributed by atoms with van der Waals surface area (Å²) in [5, 5.41) is 0.317. The Balaban J connectivity index is 2.04. The molecule has 22 heavy (non-hydrogen) atoms. The number of carbonyl (C=O) groups is 2. The number of benzene rings is 1. The van der Waals surface area contributed by atoms with E-state index in [4.69, 9.17) is 20.8 Å². The van der Waals surface area contributed by atoms with Crippen molar-refractivity contribution in [2.45, 2.75) is 11.5 Å². The smallest absolute Gasteiger partial charge is 0.373 e. The summed E-state index contributed by atoms with van der Waals surface area (Å²) in [5.74, 6) is -0.757. The molecule has 0 amide bonds. The highest BCUT2D eigenvalue weighted by Gasteiger charge is 2.15. The van der Waals surface area contributed by atoms with Gasteiger partial charge in [0.2, 0.25) is 5.76 Å². The van der Waals surface area contributed by atoms with E-state index in [1.165, 1.54) is 24.9 Å². The van der Waals surface area contributed by atoms with Gasteiger partial charge in [0.25, 0.3) is 0 Å². The molecule has 2 aromatic rings. The van der Waals surface area contributed by atoms with Crippen molar-refractivity contribution in [1.29, 1.82) is 0 Å². The fourth-order valence-electron chi connectivity index (χ4n) is 1.67. The molecular weight excluding hydrogens is 328 g/mol. The monoisotopic (exact) mass is 340 g/mol. The molecule has 1 aromatic heterocycles. The van der Waals surface area contributed by atoms with Gasteiger partial charge in [-0.15, -0.1) is 11.8 Å². The Kier molecular flexibility index (Phi) is 5.51. The van der Waals surface area contributed by atoms with Crippen LogP contribution in [0.1, 0.15) is 26.7 Å². The molecule has 0 fully saturated rings. The number of rotatable bonds is 5. The summed E-state index contributed by atoms with van der Waals surface area (Å²) in [6, 6.07) is 8.12. The maximum atomic E-state index is 12.1. The van der Waals surface area contributed by atoms with E-state index in [9.17, 15) is 9.59 Å². The van der Waals surface area contributed by atoms with Gasteiger partial charge in [-0.2, -0.15) is 0 Å². The number of carbonyl (C=O) groups excluding carboxylic acids is 2. The van der Waals surface area contributed by atoms with Crippen molar-refractivity contribution in [3.05, 3.63) is 52.4 Å². The highest BCUT2D eigenvalue weighted by molar-refractivity contribution is 7.98. The van der Waals surface area contributed by atoms with Crippen molar-refractivity contribution in [3.8, 4) is 0 Å². The number of hydrogen-bond acceptors (Lipinski definition) is 6. The molecule has 1 heterocycles. The predicted octanol–water partition coefficient (Wildman–Crippen LogP) is 3.80. The maximum Gasteiger partial charge on any atom is 0.373 e. The Labute approximate surface area is 136 Å². The van der Waals surface area contributed by atoms with Crippen LogP contribution in [0, 0.1) is 0 Å². The average Bonchev–Trinajstić information content (AvgIpc) is 3.01. The summed E-state index contributed by atoms with van der Waals surface area (Å²) in [6.07, 6.45) is 1.90. The third-order valence-electron chi connectivity index (χ3n) is 2.79. The first-order chi connectivity index (χ1) is 10.5. The first kappa shape index (κ1) is 16.5. The maximum absolute atomic E-state index is 12.1. The zero-order valence-corrected chi connectivity index (χ0v) is 13.5. The lowest BCUT2D eigenvalue weighted by Gasteiger charge is -2.06. The Morgan fingerprint density at radius 3 is 2.68 bits per heavy atom. The zero-order valence-electron chi connectivity index (χ0n) is 11.9. The van der Waals surface area contributed by atoms with Crippen LogP contribution in [0.5, 0.6) is 0 Å². The molecular formula is C15H13ClO5S. The Hall–Kier alpha value is -1.92. The molecule has 2 rings (SSSR count). The minimum atomic E-state index is -0.590. The zero-order chi connectivity index (χ0) is 16.1. The second-order valence-corrected chi connectivity index (χ2v) is 5.47. The minimum absolute atomic E-state index is 0.0518. The lowest BCUT2D eigenvalue weighted by atomic mass is 10.2. The standard InChI is InChI=1S/C15H13ClO5S/c1-19-15(18)13-6-3-9(21-13)8-20-14(17)11-7-10(22-2)4-5-12(11)16/h3-7H,8H2,1-2H3.